The second-order valence-corrected chi connectivity index (χ2v) is 3.66. The second kappa shape index (κ2) is 7.44. The van der Waals surface area contributed by atoms with Gasteiger partial charge in [-0.15, -0.1) is 0 Å². The van der Waals surface area contributed by atoms with Gasteiger partial charge in [0.15, 0.2) is 23.3 Å². The molecule has 0 aliphatic rings. The summed E-state index contributed by atoms with van der Waals surface area (Å²) in [6, 6.07) is 5.86. The van der Waals surface area contributed by atoms with Crippen LogP contribution in [0.4, 0.5) is 4.39 Å². The number of hydrogen-bond donors (Lipinski definition) is 3. The van der Waals surface area contributed by atoms with E-state index in [1.165, 1.54) is 12.1 Å². The molecule has 0 heterocycles. The molecular formula is C11H14FN3O2S. The summed E-state index contributed by atoms with van der Waals surface area (Å²) in [6.45, 7) is 2.22. The van der Waals surface area contributed by atoms with Gasteiger partial charge in [-0.3, -0.25) is 15.6 Å². The van der Waals surface area contributed by atoms with Gasteiger partial charge in [0, 0.05) is 6.54 Å². The molecule has 1 rings (SSSR count). The third-order valence-corrected chi connectivity index (χ3v) is 2.09. The third kappa shape index (κ3) is 4.96. The number of rotatable bonds is 4. The highest BCUT2D eigenvalue weighted by Crippen LogP contribution is 2.14. The summed E-state index contributed by atoms with van der Waals surface area (Å²) in [5.74, 6) is -0.943. The van der Waals surface area contributed by atoms with Crippen molar-refractivity contribution in [1.82, 2.24) is 16.2 Å². The van der Waals surface area contributed by atoms with Gasteiger partial charge < -0.3 is 10.1 Å². The highest BCUT2D eigenvalue weighted by Gasteiger charge is 2.06. The molecule has 1 amide bonds. The van der Waals surface area contributed by atoms with E-state index in [1.54, 1.807) is 12.1 Å². The Morgan fingerprint density at radius 2 is 2.11 bits per heavy atom. The molecule has 0 saturated heterocycles. The molecule has 7 heteroatoms. The van der Waals surface area contributed by atoms with E-state index >= 15 is 0 Å². The van der Waals surface area contributed by atoms with Crippen LogP contribution in [-0.4, -0.2) is 24.2 Å². The van der Waals surface area contributed by atoms with Crippen LogP contribution in [0, 0.1) is 5.82 Å². The van der Waals surface area contributed by atoms with Crippen molar-refractivity contribution in [3.63, 3.8) is 0 Å². The van der Waals surface area contributed by atoms with Gasteiger partial charge in [0.05, 0.1) is 0 Å². The first-order valence-electron chi connectivity index (χ1n) is 5.33. The first-order valence-corrected chi connectivity index (χ1v) is 5.74. The summed E-state index contributed by atoms with van der Waals surface area (Å²) >= 11 is 4.83. The van der Waals surface area contributed by atoms with Crippen LogP contribution in [0.1, 0.15) is 6.92 Å². The molecule has 0 aliphatic carbocycles. The Morgan fingerprint density at radius 3 is 2.78 bits per heavy atom. The Hall–Kier alpha value is -1.89. The number of carbonyl (C=O) groups excluding carboxylic acids is 1. The van der Waals surface area contributed by atoms with Gasteiger partial charge >= 0.3 is 0 Å². The highest BCUT2D eigenvalue weighted by atomic mass is 32.1. The summed E-state index contributed by atoms with van der Waals surface area (Å²) in [4.78, 5) is 11.3. The largest absolute Gasteiger partial charge is 0.481 e. The average molecular weight is 271 g/mol. The Bertz CT molecular complexity index is 429. The number of amides is 1. The van der Waals surface area contributed by atoms with Crippen molar-refractivity contribution in [1.29, 1.82) is 0 Å². The van der Waals surface area contributed by atoms with Crippen molar-refractivity contribution in [2.45, 2.75) is 6.92 Å². The lowest BCUT2D eigenvalue weighted by Gasteiger charge is -2.11. The van der Waals surface area contributed by atoms with Gasteiger partial charge in [-0.25, -0.2) is 4.39 Å². The van der Waals surface area contributed by atoms with Crippen molar-refractivity contribution < 1.29 is 13.9 Å². The standard InChI is InChI=1S/C11H14FN3O2S/c1-2-13-11(18)15-14-10(16)7-17-9-6-4-3-5-8(9)12/h3-6H,2,7H2,1H3,(H,14,16)(H2,13,15,18). The van der Waals surface area contributed by atoms with Crippen molar-refractivity contribution in [2.75, 3.05) is 13.2 Å². The molecule has 98 valence electrons. The number of halogens is 1. The fourth-order valence-corrected chi connectivity index (χ4v) is 1.27. The van der Waals surface area contributed by atoms with Crippen LogP contribution in [0.3, 0.4) is 0 Å². The van der Waals surface area contributed by atoms with Crippen molar-refractivity contribution in [3.8, 4) is 5.75 Å². The zero-order valence-electron chi connectivity index (χ0n) is 9.83. The molecule has 0 aromatic heterocycles. The molecule has 18 heavy (non-hydrogen) atoms. The van der Waals surface area contributed by atoms with E-state index in [0.717, 1.165) is 0 Å². The minimum atomic E-state index is -0.513. The summed E-state index contributed by atoms with van der Waals surface area (Å²) in [6.07, 6.45) is 0. The fraction of sp³-hybridized carbons (Fsp3) is 0.273. The number of benzene rings is 1. The summed E-state index contributed by atoms with van der Waals surface area (Å²) in [5, 5.41) is 3.09. The first-order chi connectivity index (χ1) is 8.63. The number of ether oxygens (including phenoxy) is 1. The van der Waals surface area contributed by atoms with E-state index in [9.17, 15) is 9.18 Å². The zero-order chi connectivity index (χ0) is 13.4. The average Bonchev–Trinajstić information content (AvgIpc) is 2.36. The number of hydrazine groups is 1. The van der Waals surface area contributed by atoms with Crippen LogP contribution in [-0.2, 0) is 4.79 Å². The topological polar surface area (TPSA) is 62.4 Å². The molecule has 0 fully saturated rings. The maximum absolute atomic E-state index is 13.2. The molecule has 0 aliphatic heterocycles. The number of para-hydroxylation sites is 1. The number of thiocarbonyl (C=S) groups is 1. The predicted molar refractivity (Wildman–Crippen MR) is 69.4 cm³/mol. The summed E-state index contributed by atoms with van der Waals surface area (Å²) in [7, 11) is 0. The Balaban J connectivity index is 2.29. The van der Waals surface area contributed by atoms with Gasteiger partial charge in [0.2, 0.25) is 0 Å². The predicted octanol–water partition coefficient (Wildman–Crippen LogP) is 0.720. The number of carbonyl (C=O) groups is 1. The number of hydrogen-bond acceptors (Lipinski definition) is 3. The molecule has 0 spiro atoms. The Labute approximate surface area is 110 Å². The lowest BCUT2D eigenvalue weighted by molar-refractivity contribution is -0.123. The van der Waals surface area contributed by atoms with Crippen LogP contribution in [0.25, 0.3) is 0 Å². The van der Waals surface area contributed by atoms with Gasteiger partial charge in [-0.1, -0.05) is 12.1 Å². The Morgan fingerprint density at radius 1 is 1.39 bits per heavy atom. The molecule has 1 aromatic carbocycles. The summed E-state index contributed by atoms with van der Waals surface area (Å²) < 4.78 is 18.2. The van der Waals surface area contributed by atoms with Gasteiger partial charge in [-0.05, 0) is 31.3 Å². The molecule has 0 unspecified atom stereocenters. The Kier molecular flexibility index (Phi) is 5.86. The quantitative estimate of drug-likeness (QED) is 0.556. The maximum Gasteiger partial charge on any atom is 0.276 e. The van der Waals surface area contributed by atoms with Gasteiger partial charge in [0.1, 0.15) is 0 Å². The van der Waals surface area contributed by atoms with Crippen LogP contribution < -0.4 is 20.9 Å². The SMILES string of the molecule is CCNC(=S)NNC(=O)COc1ccccc1F. The second-order valence-electron chi connectivity index (χ2n) is 3.25. The molecule has 0 radical (unpaired) electrons. The van der Waals surface area contributed by atoms with Crippen molar-refractivity contribution in [2.24, 2.45) is 0 Å². The van der Waals surface area contributed by atoms with E-state index in [2.05, 4.69) is 16.2 Å². The molecular weight excluding hydrogens is 257 g/mol. The molecule has 0 saturated carbocycles. The minimum absolute atomic E-state index is 0.0295. The molecule has 0 bridgehead atoms. The van der Waals surface area contributed by atoms with Crippen molar-refractivity contribution >= 4 is 23.2 Å². The molecule has 1 aromatic rings. The van der Waals surface area contributed by atoms with Crippen LogP contribution in [0.5, 0.6) is 5.75 Å². The van der Waals surface area contributed by atoms with E-state index in [4.69, 9.17) is 17.0 Å². The molecule has 5 nitrogen and oxygen atoms in total. The zero-order valence-corrected chi connectivity index (χ0v) is 10.6. The van der Waals surface area contributed by atoms with Gasteiger partial charge in [-0.2, -0.15) is 0 Å². The lowest BCUT2D eigenvalue weighted by Crippen LogP contribution is -2.48. The van der Waals surface area contributed by atoms with E-state index in [0.29, 0.717) is 11.7 Å². The van der Waals surface area contributed by atoms with E-state index in [1.807, 2.05) is 6.92 Å². The van der Waals surface area contributed by atoms with E-state index in [-0.39, 0.29) is 12.4 Å². The fourth-order valence-electron chi connectivity index (χ4n) is 1.07. The first kappa shape index (κ1) is 14.2. The van der Waals surface area contributed by atoms with E-state index < -0.39 is 11.7 Å². The lowest BCUT2D eigenvalue weighted by atomic mass is 10.3. The summed E-state index contributed by atoms with van der Waals surface area (Å²) in [5.41, 5.74) is 4.80. The van der Waals surface area contributed by atoms with Crippen LogP contribution in [0.2, 0.25) is 0 Å². The van der Waals surface area contributed by atoms with Crippen molar-refractivity contribution in [3.05, 3.63) is 30.1 Å². The highest BCUT2D eigenvalue weighted by molar-refractivity contribution is 7.80. The minimum Gasteiger partial charge on any atom is -0.481 e. The van der Waals surface area contributed by atoms with Crippen LogP contribution in [0.15, 0.2) is 24.3 Å². The van der Waals surface area contributed by atoms with Gasteiger partial charge in [0.25, 0.3) is 5.91 Å². The molecule has 0 atom stereocenters. The number of nitrogens with one attached hydrogen (secondary N) is 3. The maximum atomic E-state index is 13.2. The van der Waals surface area contributed by atoms with Crippen LogP contribution >= 0.6 is 12.2 Å². The molecule has 3 N–H and O–H groups in total. The normalized spacial score (nSPS) is 9.44. The monoisotopic (exact) mass is 271 g/mol. The smallest absolute Gasteiger partial charge is 0.276 e. The third-order valence-electron chi connectivity index (χ3n) is 1.85.